The van der Waals surface area contributed by atoms with Crippen molar-refractivity contribution in [2.45, 2.75) is 32.9 Å². The maximum Gasteiger partial charge on any atom is 0.241 e. The first kappa shape index (κ1) is 18.0. The highest BCUT2D eigenvalue weighted by Crippen LogP contribution is 2.15. The van der Waals surface area contributed by atoms with Gasteiger partial charge in [0.1, 0.15) is 11.6 Å². The first-order valence-corrected chi connectivity index (χ1v) is 6.96. The molecule has 0 aliphatic heterocycles. The van der Waals surface area contributed by atoms with Gasteiger partial charge in [-0.05, 0) is 40.0 Å². The van der Waals surface area contributed by atoms with Crippen LogP contribution >= 0.6 is 0 Å². The molecule has 22 heavy (non-hydrogen) atoms. The number of carbonyl (C=O) groups excluding carboxylic acids is 2. The molecule has 1 atom stereocenters. The van der Waals surface area contributed by atoms with E-state index in [2.05, 4.69) is 10.6 Å². The average Bonchev–Trinajstić information content (AvgIpc) is 2.39. The molecule has 0 fully saturated rings. The molecule has 0 heterocycles. The third-order valence-corrected chi connectivity index (χ3v) is 3.07. The Morgan fingerprint density at radius 1 is 1.23 bits per heavy atom. The fraction of sp³-hybridized carbons (Fsp3) is 0.467. The van der Waals surface area contributed by atoms with E-state index in [4.69, 9.17) is 0 Å². The Balaban J connectivity index is 2.62. The van der Waals surface area contributed by atoms with Crippen molar-refractivity contribution in [1.82, 2.24) is 10.2 Å². The van der Waals surface area contributed by atoms with Crippen molar-refractivity contribution in [3.63, 3.8) is 0 Å². The zero-order chi connectivity index (χ0) is 16.9. The van der Waals surface area contributed by atoms with Crippen LogP contribution in [0.3, 0.4) is 0 Å². The smallest absolute Gasteiger partial charge is 0.241 e. The Morgan fingerprint density at radius 3 is 2.41 bits per heavy atom. The highest BCUT2D eigenvalue weighted by molar-refractivity contribution is 5.95. The van der Waals surface area contributed by atoms with Gasteiger partial charge in [0.2, 0.25) is 11.8 Å². The van der Waals surface area contributed by atoms with Crippen LogP contribution in [0.5, 0.6) is 0 Å². The van der Waals surface area contributed by atoms with Gasteiger partial charge < -0.3 is 10.6 Å². The number of hydrogen-bond donors (Lipinski definition) is 2. The molecule has 0 spiro atoms. The van der Waals surface area contributed by atoms with E-state index in [1.54, 1.807) is 14.0 Å². The minimum absolute atomic E-state index is 0.0124. The SMILES string of the molecule is CC(C)NC(=O)CN(C)C(C)C(=O)Nc1ccc(F)cc1F. The van der Waals surface area contributed by atoms with Gasteiger partial charge in [0.15, 0.2) is 0 Å². The zero-order valence-electron chi connectivity index (χ0n) is 13.1. The molecular weight excluding hydrogens is 292 g/mol. The quantitative estimate of drug-likeness (QED) is 0.841. The highest BCUT2D eigenvalue weighted by Gasteiger charge is 2.21. The number of nitrogens with one attached hydrogen (secondary N) is 2. The second-order valence-corrected chi connectivity index (χ2v) is 5.43. The van der Waals surface area contributed by atoms with Crippen LogP contribution in [0.15, 0.2) is 18.2 Å². The van der Waals surface area contributed by atoms with Crippen molar-refractivity contribution >= 4 is 17.5 Å². The molecule has 1 unspecified atom stereocenters. The molecule has 2 amide bonds. The van der Waals surface area contributed by atoms with Crippen LogP contribution in [0.1, 0.15) is 20.8 Å². The van der Waals surface area contributed by atoms with Gasteiger partial charge in [0, 0.05) is 12.1 Å². The molecule has 0 aliphatic carbocycles. The number of anilines is 1. The van der Waals surface area contributed by atoms with E-state index in [0.717, 1.165) is 12.1 Å². The van der Waals surface area contributed by atoms with Gasteiger partial charge in [-0.25, -0.2) is 8.78 Å². The Kier molecular flexibility index (Phi) is 6.42. The van der Waals surface area contributed by atoms with Crippen LogP contribution in [0.4, 0.5) is 14.5 Å². The highest BCUT2D eigenvalue weighted by atomic mass is 19.1. The lowest BCUT2D eigenvalue weighted by atomic mass is 10.2. The van der Waals surface area contributed by atoms with Crippen molar-refractivity contribution in [1.29, 1.82) is 0 Å². The van der Waals surface area contributed by atoms with E-state index in [1.165, 1.54) is 4.90 Å². The number of benzene rings is 1. The van der Waals surface area contributed by atoms with Crippen LogP contribution in [0, 0.1) is 11.6 Å². The minimum atomic E-state index is -0.847. The molecule has 0 saturated carbocycles. The fourth-order valence-electron chi connectivity index (χ4n) is 1.76. The average molecular weight is 313 g/mol. The van der Waals surface area contributed by atoms with E-state index in [1.807, 2.05) is 13.8 Å². The van der Waals surface area contributed by atoms with E-state index in [-0.39, 0.29) is 24.2 Å². The summed E-state index contributed by atoms with van der Waals surface area (Å²) in [5, 5.41) is 5.10. The predicted octanol–water partition coefficient (Wildman–Crippen LogP) is 1.75. The molecule has 122 valence electrons. The molecule has 2 N–H and O–H groups in total. The van der Waals surface area contributed by atoms with Crippen molar-refractivity contribution in [2.24, 2.45) is 0 Å². The standard InChI is InChI=1S/C15H21F2N3O2/c1-9(2)18-14(21)8-20(4)10(3)15(22)19-13-6-5-11(16)7-12(13)17/h5-7,9-10H,8H2,1-4H3,(H,18,21)(H,19,22). The normalized spacial score (nSPS) is 12.4. The number of carbonyl (C=O) groups is 2. The summed E-state index contributed by atoms with van der Waals surface area (Å²) in [7, 11) is 1.62. The van der Waals surface area contributed by atoms with Crippen molar-refractivity contribution < 1.29 is 18.4 Å². The van der Waals surface area contributed by atoms with Gasteiger partial charge in [0.25, 0.3) is 0 Å². The Morgan fingerprint density at radius 2 is 1.86 bits per heavy atom. The van der Waals surface area contributed by atoms with Crippen LogP contribution < -0.4 is 10.6 Å². The first-order chi connectivity index (χ1) is 10.2. The van der Waals surface area contributed by atoms with Crippen molar-refractivity contribution in [2.75, 3.05) is 18.9 Å². The summed E-state index contributed by atoms with van der Waals surface area (Å²) in [6.07, 6.45) is 0. The van der Waals surface area contributed by atoms with E-state index >= 15 is 0 Å². The van der Waals surface area contributed by atoms with Gasteiger partial charge in [-0.1, -0.05) is 0 Å². The second-order valence-electron chi connectivity index (χ2n) is 5.43. The number of rotatable bonds is 6. The third-order valence-electron chi connectivity index (χ3n) is 3.07. The Hall–Kier alpha value is -2.02. The monoisotopic (exact) mass is 313 g/mol. The lowest BCUT2D eigenvalue weighted by Crippen LogP contribution is -2.46. The van der Waals surface area contributed by atoms with Gasteiger partial charge >= 0.3 is 0 Å². The number of hydrogen-bond acceptors (Lipinski definition) is 3. The predicted molar refractivity (Wildman–Crippen MR) is 80.4 cm³/mol. The topological polar surface area (TPSA) is 61.4 Å². The van der Waals surface area contributed by atoms with Crippen molar-refractivity contribution in [3.05, 3.63) is 29.8 Å². The van der Waals surface area contributed by atoms with Crippen LogP contribution in [-0.4, -0.2) is 42.4 Å². The lowest BCUT2D eigenvalue weighted by Gasteiger charge is -2.23. The summed E-state index contributed by atoms with van der Waals surface area (Å²) in [4.78, 5) is 25.2. The number of halogens is 2. The molecule has 5 nitrogen and oxygen atoms in total. The van der Waals surface area contributed by atoms with Crippen molar-refractivity contribution in [3.8, 4) is 0 Å². The molecule has 0 aliphatic rings. The first-order valence-electron chi connectivity index (χ1n) is 6.96. The zero-order valence-corrected chi connectivity index (χ0v) is 13.1. The molecule has 0 aromatic heterocycles. The molecule has 1 rings (SSSR count). The largest absolute Gasteiger partial charge is 0.353 e. The minimum Gasteiger partial charge on any atom is -0.353 e. The number of nitrogens with zero attached hydrogens (tertiary/aromatic N) is 1. The summed E-state index contributed by atoms with van der Waals surface area (Å²) in [5.74, 6) is -2.25. The molecular formula is C15H21F2N3O2. The third kappa shape index (κ3) is 5.40. The van der Waals surface area contributed by atoms with Gasteiger partial charge in [-0.15, -0.1) is 0 Å². The van der Waals surface area contributed by atoms with Gasteiger partial charge in [-0.2, -0.15) is 0 Å². The lowest BCUT2D eigenvalue weighted by molar-refractivity contribution is -0.125. The second kappa shape index (κ2) is 7.84. The van der Waals surface area contributed by atoms with Crippen LogP contribution in [0.2, 0.25) is 0 Å². The maximum absolute atomic E-state index is 13.5. The summed E-state index contributed by atoms with van der Waals surface area (Å²) < 4.78 is 26.3. The Labute approximate surface area is 128 Å². The summed E-state index contributed by atoms with van der Waals surface area (Å²) in [6, 6.07) is 2.27. The maximum atomic E-state index is 13.5. The number of amides is 2. The molecule has 0 saturated heterocycles. The molecule has 7 heteroatoms. The van der Waals surface area contributed by atoms with Gasteiger partial charge in [-0.3, -0.25) is 14.5 Å². The van der Waals surface area contributed by atoms with E-state index < -0.39 is 23.6 Å². The number of likely N-dealkylation sites (N-methyl/N-ethyl adjacent to an activating group) is 1. The fourth-order valence-corrected chi connectivity index (χ4v) is 1.76. The van der Waals surface area contributed by atoms with E-state index in [0.29, 0.717) is 6.07 Å². The molecule has 1 aromatic rings. The molecule has 1 aromatic carbocycles. The summed E-state index contributed by atoms with van der Waals surface area (Å²) in [5.41, 5.74) is -0.0988. The van der Waals surface area contributed by atoms with Crippen LogP contribution in [0.25, 0.3) is 0 Å². The summed E-state index contributed by atoms with van der Waals surface area (Å²) in [6.45, 7) is 5.31. The Bertz CT molecular complexity index is 550. The molecule has 0 bridgehead atoms. The molecule has 0 radical (unpaired) electrons. The van der Waals surface area contributed by atoms with Crippen LogP contribution in [-0.2, 0) is 9.59 Å². The summed E-state index contributed by atoms with van der Waals surface area (Å²) >= 11 is 0. The van der Waals surface area contributed by atoms with E-state index in [9.17, 15) is 18.4 Å². The van der Waals surface area contributed by atoms with Gasteiger partial charge in [0.05, 0.1) is 18.3 Å².